The fourth-order valence-corrected chi connectivity index (χ4v) is 5.10. The summed E-state index contributed by atoms with van der Waals surface area (Å²) in [5.74, 6) is -1.53. The summed E-state index contributed by atoms with van der Waals surface area (Å²) in [6, 6.07) is 6.99. The quantitative estimate of drug-likeness (QED) is 0.392. The van der Waals surface area contributed by atoms with Crippen molar-refractivity contribution in [2.45, 2.75) is 58.5 Å². The molecule has 0 radical (unpaired) electrons. The van der Waals surface area contributed by atoms with Crippen molar-refractivity contribution >= 4 is 21.8 Å². The number of aryl methyl sites for hydroxylation is 2. The largest absolute Gasteiger partial charge is 0.456 e. The first-order chi connectivity index (χ1) is 15.4. The lowest BCUT2D eigenvalue weighted by atomic mass is 10.1. The molecule has 0 unspecified atom stereocenters. The van der Waals surface area contributed by atoms with E-state index in [0.29, 0.717) is 12.2 Å². The zero-order chi connectivity index (χ0) is 24.9. The predicted octanol–water partition coefficient (Wildman–Crippen LogP) is 3.35. The standard InChI is InChI=1S/C24H34N2O6S/c1-15(2)23(25-33(29,30)20-10-8-16(3)9-11-20)24(28)32-14-22(27)21-12-17(4)26(19(21)6)18(5)13-31-7/h8-12,15,18,23,25H,13-14H2,1-7H3/t18-,23+/m0/s1. The third-order valence-corrected chi connectivity index (χ3v) is 6.97. The van der Waals surface area contributed by atoms with Gasteiger partial charge < -0.3 is 14.0 Å². The van der Waals surface area contributed by atoms with Crippen LogP contribution in [0.5, 0.6) is 0 Å². The second-order valence-corrected chi connectivity index (χ2v) is 10.4. The van der Waals surface area contributed by atoms with E-state index in [9.17, 15) is 18.0 Å². The van der Waals surface area contributed by atoms with E-state index in [2.05, 4.69) is 4.72 Å². The number of Topliss-reactive ketones (excluding diaryl/α,β-unsaturated/α-hetero) is 1. The molecule has 1 N–H and O–H groups in total. The number of nitrogens with zero attached hydrogens (tertiary/aromatic N) is 1. The minimum absolute atomic E-state index is 0.0422. The molecule has 0 bridgehead atoms. The lowest BCUT2D eigenvalue weighted by Gasteiger charge is -2.21. The predicted molar refractivity (Wildman–Crippen MR) is 126 cm³/mol. The molecule has 9 heteroatoms. The molecule has 0 aliphatic heterocycles. The number of hydrogen-bond donors (Lipinski definition) is 1. The van der Waals surface area contributed by atoms with Gasteiger partial charge in [-0.1, -0.05) is 31.5 Å². The maximum absolute atomic E-state index is 12.8. The molecule has 1 aromatic carbocycles. The van der Waals surface area contributed by atoms with Crippen molar-refractivity contribution < 1.29 is 27.5 Å². The number of carbonyl (C=O) groups is 2. The molecule has 2 aromatic rings. The van der Waals surface area contributed by atoms with E-state index in [0.717, 1.165) is 17.0 Å². The zero-order valence-electron chi connectivity index (χ0n) is 20.3. The minimum Gasteiger partial charge on any atom is -0.456 e. The van der Waals surface area contributed by atoms with Gasteiger partial charge in [0.05, 0.1) is 17.5 Å². The number of carbonyl (C=O) groups excluding carboxylic acids is 2. The number of ketones is 1. The Morgan fingerprint density at radius 2 is 1.67 bits per heavy atom. The van der Waals surface area contributed by atoms with Gasteiger partial charge in [0.1, 0.15) is 6.04 Å². The summed E-state index contributed by atoms with van der Waals surface area (Å²) in [5.41, 5.74) is 3.05. The SMILES string of the molecule is COC[C@H](C)n1c(C)cc(C(=O)COC(=O)[C@H](NS(=O)(=O)c2ccc(C)cc2)C(C)C)c1C. The molecule has 182 valence electrons. The van der Waals surface area contributed by atoms with E-state index in [-0.39, 0.29) is 22.6 Å². The van der Waals surface area contributed by atoms with Crippen molar-refractivity contribution in [2.24, 2.45) is 5.92 Å². The smallest absolute Gasteiger partial charge is 0.324 e. The Morgan fingerprint density at radius 1 is 1.06 bits per heavy atom. The number of hydrogen-bond acceptors (Lipinski definition) is 6. The topological polar surface area (TPSA) is 104 Å². The molecule has 0 saturated carbocycles. The van der Waals surface area contributed by atoms with Gasteiger partial charge in [-0.3, -0.25) is 9.59 Å². The Balaban J connectivity index is 2.12. The Morgan fingerprint density at radius 3 is 2.21 bits per heavy atom. The van der Waals surface area contributed by atoms with E-state index in [1.165, 1.54) is 12.1 Å². The fraction of sp³-hybridized carbons (Fsp3) is 0.500. The number of esters is 1. The van der Waals surface area contributed by atoms with Gasteiger partial charge in [-0.2, -0.15) is 4.72 Å². The van der Waals surface area contributed by atoms with Crippen LogP contribution in [0.25, 0.3) is 0 Å². The van der Waals surface area contributed by atoms with Crippen LogP contribution >= 0.6 is 0 Å². The van der Waals surface area contributed by atoms with Crippen LogP contribution in [0.15, 0.2) is 35.2 Å². The lowest BCUT2D eigenvalue weighted by Crippen LogP contribution is -2.45. The highest BCUT2D eigenvalue weighted by atomic mass is 32.2. The molecule has 1 aromatic heterocycles. The van der Waals surface area contributed by atoms with Gasteiger partial charge in [0, 0.05) is 24.1 Å². The van der Waals surface area contributed by atoms with Crippen LogP contribution in [0.3, 0.4) is 0 Å². The van der Waals surface area contributed by atoms with Crippen molar-refractivity contribution in [1.29, 1.82) is 0 Å². The Hall–Kier alpha value is -2.49. The molecule has 0 spiro atoms. The number of nitrogens with one attached hydrogen (secondary N) is 1. The number of aromatic nitrogens is 1. The highest BCUT2D eigenvalue weighted by molar-refractivity contribution is 7.89. The first-order valence-electron chi connectivity index (χ1n) is 10.8. The number of ether oxygens (including phenoxy) is 2. The molecule has 8 nitrogen and oxygen atoms in total. The van der Waals surface area contributed by atoms with Crippen LogP contribution < -0.4 is 4.72 Å². The molecular weight excluding hydrogens is 444 g/mol. The van der Waals surface area contributed by atoms with Crippen LogP contribution in [0, 0.1) is 26.7 Å². The Bertz CT molecular complexity index is 1090. The van der Waals surface area contributed by atoms with Crippen LogP contribution in [-0.4, -0.2) is 51.1 Å². The fourth-order valence-electron chi connectivity index (χ4n) is 3.77. The van der Waals surface area contributed by atoms with Crippen molar-refractivity contribution in [3.63, 3.8) is 0 Å². The summed E-state index contributed by atoms with van der Waals surface area (Å²) in [5, 5.41) is 0. The summed E-state index contributed by atoms with van der Waals surface area (Å²) >= 11 is 0. The summed E-state index contributed by atoms with van der Waals surface area (Å²) in [6.45, 7) is 11.0. The molecule has 2 rings (SSSR count). The molecule has 2 atom stereocenters. The third kappa shape index (κ3) is 6.52. The molecular formula is C24H34N2O6S. The van der Waals surface area contributed by atoms with Crippen LogP contribution in [0.4, 0.5) is 0 Å². The van der Waals surface area contributed by atoms with Gasteiger partial charge in [-0.05, 0) is 51.8 Å². The first-order valence-corrected chi connectivity index (χ1v) is 12.3. The second-order valence-electron chi connectivity index (χ2n) is 8.65. The summed E-state index contributed by atoms with van der Waals surface area (Å²) in [6.07, 6.45) is 0. The lowest BCUT2D eigenvalue weighted by molar-refractivity contribution is -0.145. The Kier molecular flexibility index (Phi) is 8.99. The molecule has 0 fully saturated rings. The van der Waals surface area contributed by atoms with Gasteiger partial charge in [0.25, 0.3) is 0 Å². The van der Waals surface area contributed by atoms with Crippen LogP contribution in [0.1, 0.15) is 54.1 Å². The first kappa shape index (κ1) is 26.8. The van der Waals surface area contributed by atoms with E-state index < -0.39 is 28.6 Å². The summed E-state index contributed by atoms with van der Waals surface area (Å²) < 4.78 is 40.3. The van der Waals surface area contributed by atoms with Crippen molar-refractivity contribution in [3.8, 4) is 0 Å². The summed E-state index contributed by atoms with van der Waals surface area (Å²) in [7, 11) is -2.31. The van der Waals surface area contributed by atoms with Gasteiger partial charge in [-0.15, -0.1) is 0 Å². The van der Waals surface area contributed by atoms with E-state index in [1.807, 2.05) is 32.3 Å². The summed E-state index contributed by atoms with van der Waals surface area (Å²) in [4.78, 5) is 25.6. The molecule has 0 aliphatic carbocycles. The minimum atomic E-state index is -3.93. The molecule has 1 heterocycles. The maximum atomic E-state index is 12.8. The number of rotatable bonds is 11. The highest BCUT2D eigenvalue weighted by Crippen LogP contribution is 2.21. The Labute approximate surface area is 196 Å². The molecule has 0 saturated heterocycles. The highest BCUT2D eigenvalue weighted by Gasteiger charge is 2.30. The monoisotopic (exact) mass is 478 g/mol. The van der Waals surface area contributed by atoms with Gasteiger partial charge in [0.15, 0.2) is 6.61 Å². The van der Waals surface area contributed by atoms with E-state index >= 15 is 0 Å². The van der Waals surface area contributed by atoms with Crippen LogP contribution in [-0.2, 0) is 24.3 Å². The molecule has 33 heavy (non-hydrogen) atoms. The van der Waals surface area contributed by atoms with E-state index in [4.69, 9.17) is 9.47 Å². The average molecular weight is 479 g/mol. The average Bonchev–Trinajstić information content (AvgIpc) is 3.04. The number of benzene rings is 1. The molecule has 0 amide bonds. The number of sulfonamides is 1. The maximum Gasteiger partial charge on any atom is 0.324 e. The molecule has 0 aliphatic rings. The second kappa shape index (κ2) is 11.1. The van der Waals surface area contributed by atoms with Gasteiger partial charge in [-0.25, -0.2) is 8.42 Å². The normalized spacial score (nSPS) is 13.7. The van der Waals surface area contributed by atoms with Crippen molar-refractivity contribution in [2.75, 3.05) is 20.3 Å². The number of methoxy groups -OCH3 is 1. The van der Waals surface area contributed by atoms with Gasteiger partial charge >= 0.3 is 5.97 Å². The third-order valence-electron chi connectivity index (χ3n) is 5.51. The van der Waals surface area contributed by atoms with Crippen LogP contribution in [0.2, 0.25) is 0 Å². The zero-order valence-corrected chi connectivity index (χ0v) is 21.2. The van der Waals surface area contributed by atoms with Crippen molar-refractivity contribution in [1.82, 2.24) is 9.29 Å². The van der Waals surface area contributed by atoms with Gasteiger partial charge in [0.2, 0.25) is 15.8 Å². The van der Waals surface area contributed by atoms with E-state index in [1.54, 1.807) is 39.2 Å². The van der Waals surface area contributed by atoms with Crippen molar-refractivity contribution in [3.05, 3.63) is 52.8 Å².